The molecule has 8 heteroatoms. The van der Waals surface area contributed by atoms with Gasteiger partial charge in [0.05, 0.1) is 22.3 Å². The first-order valence-electron chi connectivity index (χ1n) is 7.72. The summed E-state index contributed by atoms with van der Waals surface area (Å²) in [7, 11) is -0.545. The quantitative estimate of drug-likeness (QED) is 0.786. The molecule has 0 saturated carbocycles. The Kier molecular flexibility index (Phi) is 6.80. The van der Waals surface area contributed by atoms with Crippen molar-refractivity contribution >= 4 is 33.4 Å². The lowest BCUT2D eigenvalue weighted by molar-refractivity contribution is -0.113. The molecule has 0 atom stereocenters. The van der Waals surface area contributed by atoms with Gasteiger partial charge in [-0.05, 0) is 42.0 Å². The first kappa shape index (κ1) is 20.0. The summed E-state index contributed by atoms with van der Waals surface area (Å²) in [6.45, 7) is 0. The molecule has 0 heterocycles. The van der Waals surface area contributed by atoms with Gasteiger partial charge in [0.15, 0.2) is 0 Å². The van der Waals surface area contributed by atoms with Crippen LogP contribution < -0.4 is 5.32 Å². The summed E-state index contributed by atoms with van der Waals surface area (Å²) in [5.41, 5.74) is 2.13. The van der Waals surface area contributed by atoms with E-state index in [1.165, 1.54) is 38.0 Å². The Bertz CT molecular complexity index is 917. The number of rotatable bonds is 7. The maximum atomic E-state index is 12.0. The molecule has 0 bridgehead atoms. The van der Waals surface area contributed by atoms with Crippen LogP contribution in [0.2, 0.25) is 0 Å². The number of nitrogens with one attached hydrogen (secondary N) is 1. The molecular weight excluding hydrogens is 370 g/mol. The molecule has 0 spiro atoms. The van der Waals surface area contributed by atoms with E-state index < -0.39 is 10.0 Å². The molecule has 26 heavy (non-hydrogen) atoms. The summed E-state index contributed by atoms with van der Waals surface area (Å²) in [4.78, 5) is 12.2. The van der Waals surface area contributed by atoms with Gasteiger partial charge in [-0.15, -0.1) is 11.8 Å². The summed E-state index contributed by atoms with van der Waals surface area (Å²) in [5.74, 6) is 0.715. The average Bonchev–Trinajstić information content (AvgIpc) is 2.62. The minimum Gasteiger partial charge on any atom is -0.325 e. The Balaban J connectivity index is 1.87. The van der Waals surface area contributed by atoms with Crippen LogP contribution in [0, 0.1) is 11.3 Å². The number of thioether (sulfide) groups is 1. The molecule has 0 radical (unpaired) electrons. The minimum absolute atomic E-state index is 0.172. The number of anilines is 1. The summed E-state index contributed by atoms with van der Waals surface area (Å²) in [5, 5.41) is 11.6. The number of amides is 1. The minimum atomic E-state index is -3.48. The Hall–Kier alpha value is -2.34. The molecule has 0 fully saturated rings. The number of nitrogens with zero attached hydrogens (tertiary/aromatic N) is 2. The van der Waals surface area contributed by atoms with Crippen LogP contribution in [0.1, 0.15) is 11.1 Å². The van der Waals surface area contributed by atoms with Crippen LogP contribution in [0.5, 0.6) is 0 Å². The monoisotopic (exact) mass is 389 g/mol. The van der Waals surface area contributed by atoms with Crippen LogP contribution in [-0.4, -0.2) is 38.5 Å². The Morgan fingerprint density at radius 1 is 1.19 bits per heavy atom. The lowest BCUT2D eigenvalue weighted by atomic mass is 10.2. The topological polar surface area (TPSA) is 90.3 Å². The molecule has 0 saturated heterocycles. The highest BCUT2D eigenvalue weighted by molar-refractivity contribution is 7.99. The SMILES string of the molecule is CN(C)S(=O)(=O)c1ccc(NC(=O)CSCc2cccc(C#N)c2)cc1. The van der Waals surface area contributed by atoms with E-state index in [-0.39, 0.29) is 16.6 Å². The molecule has 2 aromatic carbocycles. The van der Waals surface area contributed by atoms with Crippen LogP contribution in [-0.2, 0) is 20.6 Å². The Morgan fingerprint density at radius 2 is 1.88 bits per heavy atom. The third-order valence-electron chi connectivity index (χ3n) is 3.47. The zero-order chi connectivity index (χ0) is 19.2. The van der Waals surface area contributed by atoms with Gasteiger partial charge >= 0.3 is 0 Å². The fraction of sp³-hybridized carbons (Fsp3) is 0.222. The Morgan fingerprint density at radius 3 is 2.50 bits per heavy atom. The predicted molar refractivity (Wildman–Crippen MR) is 103 cm³/mol. The van der Waals surface area contributed by atoms with Gasteiger partial charge in [0.1, 0.15) is 0 Å². The van der Waals surface area contributed by atoms with E-state index in [4.69, 9.17) is 5.26 Å². The molecule has 0 aliphatic heterocycles. The van der Waals surface area contributed by atoms with Crippen molar-refractivity contribution in [2.45, 2.75) is 10.6 Å². The van der Waals surface area contributed by atoms with Gasteiger partial charge in [-0.2, -0.15) is 5.26 Å². The average molecular weight is 390 g/mol. The molecule has 1 amide bonds. The molecule has 6 nitrogen and oxygen atoms in total. The number of sulfonamides is 1. The largest absolute Gasteiger partial charge is 0.325 e. The van der Waals surface area contributed by atoms with Gasteiger partial charge in [-0.25, -0.2) is 12.7 Å². The van der Waals surface area contributed by atoms with Crippen molar-refractivity contribution in [2.24, 2.45) is 0 Å². The maximum absolute atomic E-state index is 12.0. The van der Waals surface area contributed by atoms with Crippen molar-refractivity contribution in [3.63, 3.8) is 0 Å². The number of nitriles is 1. The standard InChI is InChI=1S/C18H19N3O3S2/c1-21(2)26(23,24)17-8-6-16(7-9-17)20-18(22)13-25-12-15-5-3-4-14(10-15)11-19/h3-10H,12-13H2,1-2H3,(H,20,22). The highest BCUT2D eigenvalue weighted by atomic mass is 32.2. The van der Waals surface area contributed by atoms with Crippen molar-refractivity contribution in [1.82, 2.24) is 4.31 Å². The first-order valence-corrected chi connectivity index (χ1v) is 10.3. The normalized spacial score (nSPS) is 11.2. The van der Waals surface area contributed by atoms with Gasteiger partial charge in [0, 0.05) is 25.5 Å². The number of hydrogen-bond acceptors (Lipinski definition) is 5. The first-order chi connectivity index (χ1) is 12.3. The highest BCUT2D eigenvalue weighted by Gasteiger charge is 2.16. The van der Waals surface area contributed by atoms with Crippen molar-refractivity contribution in [2.75, 3.05) is 25.2 Å². The molecule has 0 aliphatic carbocycles. The second-order valence-corrected chi connectivity index (χ2v) is 8.80. The second kappa shape index (κ2) is 8.85. The summed E-state index contributed by atoms with van der Waals surface area (Å²) in [6.07, 6.45) is 0. The molecule has 0 aliphatic rings. The van der Waals surface area contributed by atoms with E-state index >= 15 is 0 Å². The number of hydrogen-bond donors (Lipinski definition) is 1. The van der Waals surface area contributed by atoms with Crippen molar-refractivity contribution in [1.29, 1.82) is 5.26 Å². The van der Waals surface area contributed by atoms with Gasteiger partial charge < -0.3 is 5.32 Å². The van der Waals surface area contributed by atoms with Gasteiger partial charge in [0.2, 0.25) is 15.9 Å². The molecule has 1 N–H and O–H groups in total. The van der Waals surface area contributed by atoms with E-state index in [1.807, 2.05) is 12.1 Å². The molecular formula is C18H19N3O3S2. The number of benzene rings is 2. The lowest BCUT2D eigenvalue weighted by Gasteiger charge is -2.12. The van der Waals surface area contributed by atoms with Crippen molar-refractivity contribution in [3.05, 3.63) is 59.7 Å². The van der Waals surface area contributed by atoms with Crippen LogP contribution in [0.15, 0.2) is 53.4 Å². The molecule has 0 unspecified atom stereocenters. The molecule has 0 aromatic heterocycles. The van der Waals surface area contributed by atoms with Gasteiger partial charge in [-0.3, -0.25) is 4.79 Å². The smallest absolute Gasteiger partial charge is 0.242 e. The third-order valence-corrected chi connectivity index (χ3v) is 6.31. The van der Waals surface area contributed by atoms with Crippen LogP contribution in [0.4, 0.5) is 5.69 Å². The maximum Gasteiger partial charge on any atom is 0.242 e. The van der Waals surface area contributed by atoms with E-state index in [0.717, 1.165) is 9.87 Å². The fourth-order valence-electron chi connectivity index (χ4n) is 2.11. The Labute approximate surface area is 157 Å². The van der Waals surface area contributed by atoms with E-state index in [0.29, 0.717) is 17.0 Å². The number of carbonyl (C=O) groups is 1. The molecule has 2 aromatic rings. The molecule has 2 rings (SSSR count). The van der Waals surface area contributed by atoms with E-state index in [2.05, 4.69) is 11.4 Å². The third kappa shape index (κ3) is 5.33. The zero-order valence-corrected chi connectivity index (χ0v) is 16.1. The van der Waals surface area contributed by atoms with Gasteiger partial charge in [0.25, 0.3) is 0 Å². The summed E-state index contributed by atoms with van der Waals surface area (Å²) < 4.78 is 25.1. The van der Waals surface area contributed by atoms with Crippen molar-refractivity contribution < 1.29 is 13.2 Å². The lowest BCUT2D eigenvalue weighted by Crippen LogP contribution is -2.22. The zero-order valence-electron chi connectivity index (χ0n) is 14.5. The van der Waals surface area contributed by atoms with Crippen molar-refractivity contribution in [3.8, 4) is 6.07 Å². The van der Waals surface area contributed by atoms with Crippen LogP contribution in [0.25, 0.3) is 0 Å². The molecule has 136 valence electrons. The number of carbonyl (C=O) groups excluding carboxylic acids is 1. The van der Waals surface area contributed by atoms with Crippen LogP contribution >= 0.6 is 11.8 Å². The van der Waals surface area contributed by atoms with E-state index in [9.17, 15) is 13.2 Å². The van der Waals surface area contributed by atoms with E-state index in [1.54, 1.807) is 24.3 Å². The highest BCUT2D eigenvalue weighted by Crippen LogP contribution is 2.18. The fourth-order valence-corrected chi connectivity index (χ4v) is 3.79. The summed E-state index contributed by atoms with van der Waals surface area (Å²) >= 11 is 1.44. The van der Waals surface area contributed by atoms with Gasteiger partial charge in [-0.1, -0.05) is 12.1 Å². The predicted octanol–water partition coefficient (Wildman–Crippen LogP) is 2.68. The summed E-state index contributed by atoms with van der Waals surface area (Å²) in [6, 6.07) is 15.4. The van der Waals surface area contributed by atoms with Crippen LogP contribution in [0.3, 0.4) is 0 Å². The second-order valence-electron chi connectivity index (χ2n) is 5.66.